The Kier molecular flexibility index (Phi) is 6.23. The first kappa shape index (κ1) is 19.1. The van der Waals surface area contributed by atoms with Crippen LogP contribution in [0, 0.1) is 16.0 Å². The molecule has 1 aromatic rings. The maximum absolute atomic E-state index is 12.5. The highest BCUT2D eigenvalue weighted by molar-refractivity contribution is 5.80. The average Bonchev–Trinajstić information content (AvgIpc) is 2.72. The van der Waals surface area contributed by atoms with Crippen LogP contribution in [0.5, 0.6) is 5.75 Å². The van der Waals surface area contributed by atoms with E-state index >= 15 is 0 Å². The lowest BCUT2D eigenvalue weighted by atomic mass is 9.95. The first-order valence-electron chi connectivity index (χ1n) is 9.06. The van der Waals surface area contributed by atoms with Gasteiger partial charge in [0.25, 0.3) is 11.6 Å². The molecule has 0 radical (unpaired) electrons. The minimum absolute atomic E-state index is 0.0511. The van der Waals surface area contributed by atoms with Gasteiger partial charge in [-0.3, -0.25) is 19.7 Å². The van der Waals surface area contributed by atoms with E-state index in [1.54, 1.807) is 11.0 Å². The van der Waals surface area contributed by atoms with E-state index < -0.39 is 4.92 Å². The molecule has 3 rings (SSSR count). The molecule has 27 heavy (non-hydrogen) atoms. The molecule has 2 saturated heterocycles. The summed E-state index contributed by atoms with van der Waals surface area (Å²) in [4.78, 5) is 38.6. The van der Waals surface area contributed by atoms with Crippen molar-refractivity contribution in [3.05, 3.63) is 34.4 Å². The summed E-state index contributed by atoms with van der Waals surface area (Å²) in [6.07, 6.45) is 1.28. The van der Waals surface area contributed by atoms with E-state index in [1.807, 2.05) is 4.90 Å². The van der Waals surface area contributed by atoms with Crippen LogP contribution < -0.4 is 4.74 Å². The molecule has 9 nitrogen and oxygen atoms in total. The molecule has 0 unspecified atom stereocenters. The summed E-state index contributed by atoms with van der Waals surface area (Å²) in [7, 11) is 0. The largest absolute Gasteiger partial charge is 0.484 e. The SMILES string of the molecule is O=C(COc1cccc([N+](=O)[O-])c1)N1CCC(C(=O)N2CCOCC2)CC1. The van der Waals surface area contributed by atoms with Crippen LogP contribution in [-0.4, -0.2) is 72.5 Å². The third-order valence-corrected chi connectivity index (χ3v) is 4.91. The van der Waals surface area contributed by atoms with Crippen molar-refractivity contribution in [3.8, 4) is 5.75 Å². The Morgan fingerprint density at radius 2 is 1.85 bits per heavy atom. The van der Waals surface area contributed by atoms with Crippen molar-refractivity contribution in [2.75, 3.05) is 46.0 Å². The minimum atomic E-state index is -0.509. The number of carbonyl (C=O) groups is 2. The van der Waals surface area contributed by atoms with Gasteiger partial charge in [-0.1, -0.05) is 6.07 Å². The van der Waals surface area contributed by atoms with E-state index in [0.717, 1.165) is 0 Å². The van der Waals surface area contributed by atoms with E-state index in [4.69, 9.17) is 9.47 Å². The molecule has 0 aliphatic carbocycles. The highest BCUT2D eigenvalue weighted by Crippen LogP contribution is 2.22. The maximum atomic E-state index is 12.5. The van der Waals surface area contributed by atoms with Crippen molar-refractivity contribution < 1.29 is 24.0 Å². The molecule has 2 amide bonds. The van der Waals surface area contributed by atoms with Crippen molar-refractivity contribution >= 4 is 17.5 Å². The van der Waals surface area contributed by atoms with Gasteiger partial charge in [-0.05, 0) is 18.9 Å². The fourth-order valence-electron chi connectivity index (χ4n) is 3.34. The predicted molar refractivity (Wildman–Crippen MR) is 95.3 cm³/mol. The van der Waals surface area contributed by atoms with Gasteiger partial charge in [0.15, 0.2) is 6.61 Å². The molecule has 0 saturated carbocycles. The standard InChI is InChI=1S/C18H23N3O6/c22-17(13-27-16-3-1-2-15(12-16)21(24)25)19-6-4-14(5-7-19)18(23)20-8-10-26-11-9-20/h1-3,12,14H,4-11,13H2. The number of carbonyl (C=O) groups excluding carboxylic acids is 2. The number of amides is 2. The van der Waals surface area contributed by atoms with E-state index in [1.165, 1.54) is 18.2 Å². The van der Waals surface area contributed by atoms with Gasteiger partial charge in [0.05, 0.1) is 24.2 Å². The Labute approximate surface area is 157 Å². The molecule has 2 fully saturated rings. The van der Waals surface area contributed by atoms with Gasteiger partial charge in [-0.2, -0.15) is 0 Å². The number of nitro groups is 1. The second kappa shape index (κ2) is 8.81. The first-order valence-corrected chi connectivity index (χ1v) is 9.06. The Morgan fingerprint density at radius 1 is 1.15 bits per heavy atom. The maximum Gasteiger partial charge on any atom is 0.273 e. The molecule has 146 valence electrons. The number of likely N-dealkylation sites (tertiary alicyclic amines) is 1. The summed E-state index contributed by atoms with van der Waals surface area (Å²) in [5.74, 6) is 0.205. The summed E-state index contributed by atoms with van der Waals surface area (Å²) in [6.45, 7) is 3.28. The zero-order chi connectivity index (χ0) is 19.2. The monoisotopic (exact) mass is 377 g/mol. The van der Waals surface area contributed by atoms with Crippen LogP contribution in [0.3, 0.4) is 0 Å². The van der Waals surface area contributed by atoms with Crippen molar-refractivity contribution in [2.45, 2.75) is 12.8 Å². The molecular weight excluding hydrogens is 354 g/mol. The van der Waals surface area contributed by atoms with E-state index in [0.29, 0.717) is 52.2 Å². The molecule has 2 aliphatic rings. The van der Waals surface area contributed by atoms with Crippen LogP contribution in [0.25, 0.3) is 0 Å². The molecule has 0 atom stereocenters. The van der Waals surface area contributed by atoms with Gasteiger partial charge >= 0.3 is 0 Å². The number of morpholine rings is 1. The molecule has 9 heteroatoms. The number of rotatable bonds is 5. The molecule has 2 aliphatic heterocycles. The number of hydrogen-bond acceptors (Lipinski definition) is 6. The second-order valence-corrected chi connectivity index (χ2v) is 6.64. The van der Waals surface area contributed by atoms with Crippen LogP contribution in [0.2, 0.25) is 0 Å². The van der Waals surface area contributed by atoms with Crippen molar-refractivity contribution in [2.24, 2.45) is 5.92 Å². The van der Waals surface area contributed by atoms with Gasteiger partial charge in [0, 0.05) is 38.2 Å². The lowest BCUT2D eigenvalue weighted by molar-refractivity contribution is -0.384. The number of non-ortho nitro benzene ring substituents is 1. The molecule has 2 heterocycles. The number of benzene rings is 1. The lowest BCUT2D eigenvalue weighted by Crippen LogP contribution is -2.48. The number of nitro benzene ring substituents is 1. The average molecular weight is 377 g/mol. The van der Waals surface area contributed by atoms with Crippen molar-refractivity contribution in [3.63, 3.8) is 0 Å². The second-order valence-electron chi connectivity index (χ2n) is 6.64. The van der Waals surface area contributed by atoms with E-state index in [9.17, 15) is 19.7 Å². The lowest BCUT2D eigenvalue weighted by Gasteiger charge is -2.35. The Bertz CT molecular complexity index is 696. The Hall–Kier alpha value is -2.68. The smallest absolute Gasteiger partial charge is 0.273 e. The Morgan fingerprint density at radius 3 is 2.52 bits per heavy atom. The molecule has 0 N–H and O–H groups in total. The number of piperidine rings is 1. The van der Waals surface area contributed by atoms with Gasteiger partial charge in [-0.25, -0.2) is 0 Å². The van der Waals surface area contributed by atoms with Crippen LogP contribution in [0.15, 0.2) is 24.3 Å². The van der Waals surface area contributed by atoms with Gasteiger partial charge < -0.3 is 19.3 Å². The summed E-state index contributed by atoms with van der Waals surface area (Å²) >= 11 is 0. The summed E-state index contributed by atoms with van der Waals surface area (Å²) < 4.78 is 10.7. The predicted octanol–water partition coefficient (Wildman–Crippen LogP) is 1.07. The molecular formula is C18H23N3O6. The summed E-state index contributed by atoms with van der Waals surface area (Å²) in [6, 6.07) is 5.75. The van der Waals surface area contributed by atoms with Crippen LogP contribution in [0.1, 0.15) is 12.8 Å². The van der Waals surface area contributed by atoms with Crippen molar-refractivity contribution in [1.29, 1.82) is 0 Å². The minimum Gasteiger partial charge on any atom is -0.484 e. The fourth-order valence-corrected chi connectivity index (χ4v) is 3.34. The fraction of sp³-hybridized carbons (Fsp3) is 0.556. The third-order valence-electron chi connectivity index (χ3n) is 4.91. The number of nitrogens with zero attached hydrogens (tertiary/aromatic N) is 3. The van der Waals surface area contributed by atoms with Gasteiger partial charge in [0.2, 0.25) is 5.91 Å². The van der Waals surface area contributed by atoms with Gasteiger partial charge in [-0.15, -0.1) is 0 Å². The molecule has 1 aromatic carbocycles. The first-order chi connectivity index (χ1) is 13.0. The van der Waals surface area contributed by atoms with E-state index in [2.05, 4.69) is 0 Å². The van der Waals surface area contributed by atoms with E-state index in [-0.39, 0.29) is 35.8 Å². The zero-order valence-corrected chi connectivity index (χ0v) is 15.0. The number of ether oxygens (including phenoxy) is 2. The Balaban J connectivity index is 1.45. The topological polar surface area (TPSA) is 102 Å². The van der Waals surface area contributed by atoms with Crippen LogP contribution >= 0.6 is 0 Å². The molecule has 0 bridgehead atoms. The van der Waals surface area contributed by atoms with Crippen molar-refractivity contribution in [1.82, 2.24) is 9.80 Å². The summed E-state index contributed by atoms with van der Waals surface area (Å²) in [5.41, 5.74) is -0.0811. The molecule has 0 aromatic heterocycles. The quantitative estimate of drug-likeness (QED) is 0.562. The number of hydrogen-bond donors (Lipinski definition) is 0. The van der Waals surface area contributed by atoms with Crippen LogP contribution in [0.4, 0.5) is 5.69 Å². The normalized spacial score (nSPS) is 18.2. The van der Waals surface area contributed by atoms with Gasteiger partial charge in [0.1, 0.15) is 5.75 Å². The highest BCUT2D eigenvalue weighted by atomic mass is 16.6. The third kappa shape index (κ3) is 4.94. The molecule has 0 spiro atoms. The highest BCUT2D eigenvalue weighted by Gasteiger charge is 2.30. The summed E-state index contributed by atoms with van der Waals surface area (Å²) in [5, 5.41) is 10.8. The van der Waals surface area contributed by atoms with Crippen LogP contribution in [-0.2, 0) is 14.3 Å². The zero-order valence-electron chi connectivity index (χ0n) is 15.0.